The van der Waals surface area contributed by atoms with Crippen LogP contribution in [0.4, 0.5) is 21.7 Å². The number of nitriles is 1. The molecule has 0 radical (unpaired) electrons. The maximum atomic E-state index is 14.8. The Hall–Kier alpha value is -3.77. The number of carbonyl (C=O) groups is 1. The summed E-state index contributed by atoms with van der Waals surface area (Å²) < 4.78 is 20.2. The molecule has 0 aliphatic carbocycles. The van der Waals surface area contributed by atoms with E-state index >= 15 is 0 Å². The van der Waals surface area contributed by atoms with Gasteiger partial charge in [-0.25, -0.2) is 9.37 Å². The number of nitrogens with two attached hydrogens (primary N) is 1. The lowest BCUT2D eigenvalue weighted by molar-refractivity contribution is -0.156. The van der Waals surface area contributed by atoms with Gasteiger partial charge >= 0.3 is 5.97 Å². The molecular formula is C34H49FN6O2. The lowest BCUT2D eigenvalue weighted by Crippen LogP contribution is -2.27. The molecule has 0 aliphatic rings. The number of rotatable bonds is 12. The van der Waals surface area contributed by atoms with Crippen molar-refractivity contribution >= 4 is 34.2 Å². The first-order valence-corrected chi connectivity index (χ1v) is 15.1. The molecule has 2 atom stereocenters. The molecule has 0 amide bonds. The van der Waals surface area contributed by atoms with Gasteiger partial charge in [-0.15, -0.1) is 0 Å². The first-order chi connectivity index (χ1) is 20.2. The van der Waals surface area contributed by atoms with Gasteiger partial charge in [0.15, 0.2) is 17.5 Å². The van der Waals surface area contributed by atoms with Crippen molar-refractivity contribution in [3.8, 4) is 6.07 Å². The molecule has 2 heterocycles. The first-order valence-electron chi connectivity index (χ1n) is 15.1. The molecule has 0 bridgehead atoms. The van der Waals surface area contributed by atoms with Gasteiger partial charge < -0.3 is 21.1 Å². The van der Waals surface area contributed by atoms with Gasteiger partial charge in [-0.1, -0.05) is 40.7 Å². The van der Waals surface area contributed by atoms with Crippen molar-refractivity contribution in [1.29, 1.82) is 5.26 Å². The molecule has 234 valence electrons. The molecule has 0 unspecified atom stereocenters. The van der Waals surface area contributed by atoms with Crippen molar-refractivity contribution < 1.29 is 13.9 Å². The molecule has 1 aromatic carbocycles. The Kier molecular flexibility index (Phi) is 13.8. The molecular weight excluding hydrogens is 543 g/mol. The predicted octanol–water partition coefficient (Wildman–Crippen LogP) is 7.82. The lowest BCUT2D eigenvalue weighted by Gasteiger charge is -2.23. The van der Waals surface area contributed by atoms with E-state index in [2.05, 4.69) is 55.2 Å². The Morgan fingerprint density at radius 1 is 1.07 bits per heavy atom. The van der Waals surface area contributed by atoms with Crippen LogP contribution in [0.5, 0.6) is 0 Å². The van der Waals surface area contributed by atoms with Crippen molar-refractivity contribution in [3.63, 3.8) is 0 Å². The maximum absolute atomic E-state index is 14.8. The van der Waals surface area contributed by atoms with E-state index in [1.54, 1.807) is 6.20 Å². The zero-order chi connectivity index (χ0) is 32.2. The number of hydrogen-bond acceptors (Lipinski definition) is 8. The van der Waals surface area contributed by atoms with Crippen LogP contribution in [0.25, 0.3) is 10.9 Å². The molecule has 0 fully saturated rings. The van der Waals surface area contributed by atoms with E-state index in [0.717, 1.165) is 35.9 Å². The van der Waals surface area contributed by atoms with Crippen LogP contribution in [0.15, 0.2) is 42.6 Å². The highest BCUT2D eigenvalue weighted by Crippen LogP contribution is 2.26. The van der Waals surface area contributed by atoms with Crippen molar-refractivity contribution in [2.45, 2.75) is 80.3 Å². The average molecular weight is 593 g/mol. The number of carbonyl (C=O) groups excluding carboxylic acids is 1. The van der Waals surface area contributed by atoms with Gasteiger partial charge in [0.1, 0.15) is 11.7 Å². The van der Waals surface area contributed by atoms with Gasteiger partial charge in [0.05, 0.1) is 17.5 Å². The van der Waals surface area contributed by atoms with Crippen LogP contribution in [-0.2, 0) is 9.53 Å². The van der Waals surface area contributed by atoms with E-state index in [4.69, 9.17) is 10.5 Å². The Balaban J connectivity index is 0.000000708. The minimum absolute atomic E-state index is 0.0203. The SMILES string of the molecule is CC(C)C[C@@H](CNc1nc(Nc2ccc3ncccc3c2)c(C#N)cc1F)CC(=O)OC(C)(C)C.CC(C)C[C@H](C)CN. The standard InChI is InChI=1S/C27H32FN5O2.C7H17N/c1-17(2)11-18(12-24(34)35-27(3,4)5)16-31-26-22(28)14-20(15-29)25(33-26)32-21-8-9-23-19(13-21)7-6-10-30-23;1-6(2)4-7(3)5-8/h6-10,13-14,17-18H,11-12,16H2,1-5H3,(H2,31,32,33);6-7H,4-5,8H2,1-3H3/t18-;7-/m10/s1. The fourth-order valence-corrected chi connectivity index (χ4v) is 4.75. The van der Waals surface area contributed by atoms with Crippen LogP contribution < -0.4 is 16.4 Å². The minimum Gasteiger partial charge on any atom is -0.460 e. The Morgan fingerprint density at radius 2 is 1.77 bits per heavy atom. The van der Waals surface area contributed by atoms with E-state index < -0.39 is 11.4 Å². The van der Waals surface area contributed by atoms with Crippen molar-refractivity contribution in [2.24, 2.45) is 29.4 Å². The number of anilines is 3. The monoisotopic (exact) mass is 592 g/mol. The molecule has 9 heteroatoms. The normalized spacial score (nSPS) is 12.7. The summed E-state index contributed by atoms with van der Waals surface area (Å²) in [4.78, 5) is 21.0. The molecule has 0 spiro atoms. The van der Waals surface area contributed by atoms with Gasteiger partial charge in [-0.2, -0.15) is 5.26 Å². The quantitative estimate of drug-likeness (QED) is 0.182. The molecule has 8 nitrogen and oxygen atoms in total. The Labute approximate surface area is 256 Å². The smallest absolute Gasteiger partial charge is 0.306 e. The summed E-state index contributed by atoms with van der Waals surface area (Å²) in [6, 6.07) is 12.5. The molecule has 43 heavy (non-hydrogen) atoms. The average Bonchev–Trinajstić information content (AvgIpc) is 2.91. The topological polar surface area (TPSA) is 126 Å². The summed E-state index contributed by atoms with van der Waals surface area (Å²) in [6.45, 7) is 17.5. The number of benzene rings is 1. The Bertz CT molecular complexity index is 1360. The summed E-state index contributed by atoms with van der Waals surface area (Å²) in [6.07, 6.45) is 3.96. The van der Waals surface area contributed by atoms with E-state index in [0.29, 0.717) is 24.1 Å². The second-order valence-electron chi connectivity index (χ2n) is 13.0. The number of hydrogen-bond donors (Lipinski definition) is 3. The lowest BCUT2D eigenvalue weighted by atomic mass is 9.94. The number of aromatic nitrogens is 2. The summed E-state index contributed by atoms with van der Waals surface area (Å²) >= 11 is 0. The summed E-state index contributed by atoms with van der Waals surface area (Å²) in [5.41, 5.74) is 6.49. The van der Waals surface area contributed by atoms with Gasteiger partial charge in [0.25, 0.3) is 0 Å². The third-order valence-electron chi connectivity index (χ3n) is 6.48. The molecule has 3 aromatic rings. The zero-order valence-corrected chi connectivity index (χ0v) is 27.0. The van der Waals surface area contributed by atoms with E-state index in [-0.39, 0.29) is 35.5 Å². The highest BCUT2D eigenvalue weighted by atomic mass is 19.1. The summed E-state index contributed by atoms with van der Waals surface area (Å²) in [5, 5.41) is 16.6. The fraction of sp³-hybridized carbons (Fsp3) is 0.529. The molecule has 0 saturated carbocycles. The molecule has 0 aliphatic heterocycles. The number of ether oxygens (including phenoxy) is 1. The predicted molar refractivity (Wildman–Crippen MR) is 174 cm³/mol. The highest BCUT2D eigenvalue weighted by Gasteiger charge is 2.22. The van der Waals surface area contributed by atoms with Gasteiger partial charge in [-0.3, -0.25) is 9.78 Å². The van der Waals surface area contributed by atoms with Gasteiger partial charge in [-0.05, 0) is 94.2 Å². The summed E-state index contributed by atoms with van der Waals surface area (Å²) in [7, 11) is 0. The van der Waals surface area contributed by atoms with Crippen molar-refractivity contribution in [1.82, 2.24) is 9.97 Å². The number of nitrogens with one attached hydrogen (secondary N) is 2. The first kappa shape index (κ1) is 35.4. The number of fused-ring (bicyclic) bond motifs is 1. The van der Waals surface area contributed by atoms with Crippen LogP contribution in [0.2, 0.25) is 0 Å². The number of halogens is 1. The Morgan fingerprint density at radius 3 is 2.35 bits per heavy atom. The van der Waals surface area contributed by atoms with Crippen LogP contribution in [0, 0.1) is 40.8 Å². The van der Waals surface area contributed by atoms with E-state index in [1.165, 1.54) is 6.42 Å². The van der Waals surface area contributed by atoms with Crippen LogP contribution in [0.1, 0.15) is 80.2 Å². The molecule has 0 saturated heterocycles. The second kappa shape index (κ2) is 16.8. The van der Waals surface area contributed by atoms with Crippen LogP contribution in [-0.4, -0.2) is 34.6 Å². The highest BCUT2D eigenvalue weighted by molar-refractivity contribution is 5.83. The third-order valence-corrected chi connectivity index (χ3v) is 6.48. The van der Waals surface area contributed by atoms with Crippen LogP contribution >= 0.6 is 0 Å². The number of esters is 1. The molecule has 3 rings (SSSR count). The van der Waals surface area contributed by atoms with Crippen molar-refractivity contribution in [3.05, 3.63) is 54.0 Å². The second-order valence-corrected chi connectivity index (χ2v) is 13.0. The largest absolute Gasteiger partial charge is 0.460 e. The van der Waals surface area contributed by atoms with Gasteiger partial charge in [0, 0.05) is 23.8 Å². The zero-order valence-electron chi connectivity index (χ0n) is 27.0. The maximum Gasteiger partial charge on any atom is 0.306 e. The number of pyridine rings is 2. The minimum atomic E-state index is -0.629. The number of nitrogens with zero attached hydrogens (tertiary/aromatic N) is 3. The van der Waals surface area contributed by atoms with Crippen molar-refractivity contribution in [2.75, 3.05) is 23.7 Å². The van der Waals surface area contributed by atoms with E-state index in [9.17, 15) is 14.4 Å². The molecule has 2 aromatic heterocycles. The third kappa shape index (κ3) is 13.0. The fourth-order valence-electron chi connectivity index (χ4n) is 4.75. The van der Waals surface area contributed by atoms with Crippen LogP contribution in [0.3, 0.4) is 0 Å². The summed E-state index contributed by atoms with van der Waals surface area (Å²) in [5.74, 6) is 1.14. The molecule has 4 N–H and O–H groups in total. The van der Waals surface area contributed by atoms with Gasteiger partial charge in [0.2, 0.25) is 0 Å². The van der Waals surface area contributed by atoms with E-state index in [1.807, 2.05) is 57.2 Å².